The highest BCUT2D eigenvalue weighted by molar-refractivity contribution is 6.33. The van der Waals surface area contributed by atoms with Crippen molar-refractivity contribution in [2.45, 2.75) is 25.0 Å². The molecule has 0 unspecified atom stereocenters. The normalized spacial score (nSPS) is 22.0. The van der Waals surface area contributed by atoms with Crippen LogP contribution in [0.2, 0.25) is 5.02 Å². The standard InChI is InChI=1S/C14H16ClN3O/c1-19-11-8-10(9-11)17-13-5-2-4-12(15)14(13)18-7-3-6-16-18/h2-7,10-11,17H,8-9H2,1H3. The van der Waals surface area contributed by atoms with Crippen LogP contribution in [0.4, 0.5) is 5.69 Å². The van der Waals surface area contributed by atoms with Gasteiger partial charge in [-0.3, -0.25) is 0 Å². The summed E-state index contributed by atoms with van der Waals surface area (Å²) in [6.07, 6.45) is 6.08. The van der Waals surface area contributed by atoms with Crippen LogP contribution in [-0.2, 0) is 4.74 Å². The molecule has 3 rings (SSSR count). The Morgan fingerprint density at radius 2 is 2.21 bits per heavy atom. The van der Waals surface area contributed by atoms with Gasteiger partial charge in [0.2, 0.25) is 0 Å². The predicted octanol–water partition coefficient (Wildman–Crippen LogP) is 3.12. The summed E-state index contributed by atoms with van der Waals surface area (Å²) < 4.78 is 7.09. The minimum atomic E-state index is 0.379. The van der Waals surface area contributed by atoms with E-state index in [1.54, 1.807) is 18.0 Å². The van der Waals surface area contributed by atoms with Crippen LogP contribution in [0.1, 0.15) is 12.8 Å². The molecule has 1 aromatic carbocycles. The van der Waals surface area contributed by atoms with Crippen molar-refractivity contribution in [3.05, 3.63) is 41.7 Å². The largest absolute Gasteiger partial charge is 0.381 e. The number of benzene rings is 1. The summed E-state index contributed by atoms with van der Waals surface area (Å²) in [4.78, 5) is 0. The zero-order chi connectivity index (χ0) is 13.2. The molecular formula is C14H16ClN3O. The Morgan fingerprint density at radius 3 is 2.89 bits per heavy atom. The highest BCUT2D eigenvalue weighted by Gasteiger charge is 2.29. The lowest BCUT2D eigenvalue weighted by Gasteiger charge is -2.35. The first kappa shape index (κ1) is 12.5. The number of aromatic nitrogens is 2. The second-order valence-corrected chi connectivity index (χ2v) is 5.16. The molecule has 100 valence electrons. The number of ether oxygens (including phenoxy) is 1. The van der Waals surface area contributed by atoms with E-state index >= 15 is 0 Å². The van der Waals surface area contributed by atoms with Gasteiger partial charge in [0, 0.05) is 25.5 Å². The van der Waals surface area contributed by atoms with Crippen molar-refractivity contribution in [2.24, 2.45) is 0 Å². The molecule has 0 saturated heterocycles. The van der Waals surface area contributed by atoms with E-state index in [0.29, 0.717) is 17.2 Å². The van der Waals surface area contributed by atoms with Crippen molar-refractivity contribution < 1.29 is 4.74 Å². The quantitative estimate of drug-likeness (QED) is 0.933. The lowest BCUT2D eigenvalue weighted by atomic mass is 9.89. The van der Waals surface area contributed by atoms with Crippen molar-refractivity contribution in [2.75, 3.05) is 12.4 Å². The minimum absolute atomic E-state index is 0.379. The van der Waals surface area contributed by atoms with E-state index in [2.05, 4.69) is 10.4 Å². The minimum Gasteiger partial charge on any atom is -0.381 e. The summed E-state index contributed by atoms with van der Waals surface area (Å²) in [5, 5.41) is 8.46. The van der Waals surface area contributed by atoms with E-state index in [9.17, 15) is 0 Å². The maximum atomic E-state index is 6.30. The van der Waals surface area contributed by atoms with Crippen LogP contribution in [-0.4, -0.2) is 29.0 Å². The van der Waals surface area contributed by atoms with Crippen LogP contribution in [0, 0.1) is 0 Å². The van der Waals surface area contributed by atoms with Crippen molar-refractivity contribution in [1.82, 2.24) is 9.78 Å². The first-order chi connectivity index (χ1) is 9.28. The van der Waals surface area contributed by atoms with Gasteiger partial charge in [-0.15, -0.1) is 0 Å². The molecule has 1 fully saturated rings. The molecule has 1 N–H and O–H groups in total. The van der Waals surface area contributed by atoms with Crippen molar-refractivity contribution in [3.63, 3.8) is 0 Å². The molecule has 0 spiro atoms. The van der Waals surface area contributed by atoms with Gasteiger partial charge in [-0.2, -0.15) is 5.10 Å². The molecule has 0 radical (unpaired) electrons. The van der Waals surface area contributed by atoms with E-state index in [0.717, 1.165) is 24.2 Å². The molecule has 4 nitrogen and oxygen atoms in total. The van der Waals surface area contributed by atoms with E-state index < -0.39 is 0 Å². The number of anilines is 1. The molecule has 1 saturated carbocycles. The zero-order valence-electron chi connectivity index (χ0n) is 10.7. The molecule has 5 heteroatoms. The monoisotopic (exact) mass is 277 g/mol. The Morgan fingerprint density at radius 1 is 1.37 bits per heavy atom. The van der Waals surface area contributed by atoms with Crippen molar-refractivity contribution in [1.29, 1.82) is 0 Å². The number of nitrogens with zero attached hydrogens (tertiary/aromatic N) is 2. The molecule has 1 aromatic heterocycles. The van der Waals surface area contributed by atoms with Gasteiger partial charge in [0.25, 0.3) is 0 Å². The number of halogens is 1. The summed E-state index contributed by atoms with van der Waals surface area (Å²) in [7, 11) is 1.76. The number of hydrogen-bond acceptors (Lipinski definition) is 3. The van der Waals surface area contributed by atoms with Crippen LogP contribution < -0.4 is 5.32 Å². The molecule has 1 heterocycles. The Hall–Kier alpha value is -1.52. The Labute approximate surface area is 117 Å². The van der Waals surface area contributed by atoms with Crippen LogP contribution in [0.5, 0.6) is 0 Å². The fraction of sp³-hybridized carbons (Fsp3) is 0.357. The Balaban J connectivity index is 1.84. The maximum Gasteiger partial charge on any atom is 0.106 e. The van der Waals surface area contributed by atoms with Crippen LogP contribution >= 0.6 is 11.6 Å². The molecule has 0 atom stereocenters. The smallest absolute Gasteiger partial charge is 0.106 e. The lowest BCUT2D eigenvalue weighted by molar-refractivity contribution is 0.0329. The summed E-state index contributed by atoms with van der Waals surface area (Å²) in [6.45, 7) is 0. The molecule has 19 heavy (non-hydrogen) atoms. The lowest BCUT2D eigenvalue weighted by Crippen LogP contribution is -2.40. The molecule has 1 aliphatic carbocycles. The van der Waals surface area contributed by atoms with Gasteiger partial charge >= 0.3 is 0 Å². The fourth-order valence-corrected chi connectivity index (χ4v) is 2.62. The van der Waals surface area contributed by atoms with Gasteiger partial charge in [-0.05, 0) is 31.0 Å². The molecule has 0 bridgehead atoms. The van der Waals surface area contributed by atoms with Gasteiger partial charge in [0.1, 0.15) is 5.69 Å². The summed E-state index contributed by atoms with van der Waals surface area (Å²) >= 11 is 6.30. The van der Waals surface area contributed by atoms with E-state index in [1.807, 2.05) is 30.5 Å². The SMILES string of the molecule is COC1CC(Nc2cccc(Cl)c2-n2cccn2)C1. The third-order valence-corrected chi connectivity index (χ3v) is 3.81. The van der Waals surface area contributed by atoms with Crippen LogP contribution in [0.15, 0.2) is 36.7 Å². The van der Waals surface area contributed by atoms with Crippen LogP contribution in [0.3, 0.4) is 0 Å². The van der Waals surface area contributed by atoms with Gasteiger partial charge in [-0.25, -0.2) is 4.68 Å². The highest BCUT2D eigenvalue weighted by Crippen LogP contribution is 2.32. The maximum absolute atomic E-state index is 6.30. The number of methoxy groups -OCH3 is 1. The second-order valence-electron chi connectivity index (χ2n) is 4.76. The average Bonchev–Trinajstić information content (AvgIpc) is 2.86. The summed E-state index contributed by atoms with van der Waals surface area (Å²) in [6, 6.07) is 8.19. The Kier molecular flexibility index (Phi) is 3.44. The molecule has 2 aromatic rings. The average molecular weight is 278 g/mol. The third-order valence-electron chi connectivity index (χ3n) is 3.51. The van der Waals surface area contributed by atoms with Crippen LogP contribution in [0.25, 0.3) is 5.69 Å². The van der Waals surface area contributed by atoms with Gasteiger partial charge in [-0.1, -0.05) is 17.7 Å². The molecular weight excluding hydrogens is 262 g/mol. The predicted molar refractivity (Wildman–Crippen MR) is 76.0 cm³/mol. The number of para-hydroxylation sites is 1. The summed E-state index contributed by atoms with van der Waals surface area (Å²) in [5.74, 6) is 0. The topological polar surface area (TPSA) is 39.1 Å². The third kappa shape index (κ3) is 2.46. The fourth-order valence-electron chi connectivity index (χ4n) is 2.36. The summed E-state index contributed by atoms with van der Waals surface area (Å²) in [5.41, 5.74) is 1.91. The second kappa shape index (κ2) is 5.23. The zero-order valence-corrected chi connectivity index (χ0v) is 11.5. The van der Waals surface area contributed by atoms with Gasteiger partial charge in [0.15, 0.2) is 0 Å². The number of nitrogens with one attached hydrogen (secondary N) is 1. The Bertz CT molecular complexity index is 550. The van der Waals surface area contributed by atoms with E-state index in [1.165, 1.54) is 0 Å². The van der Waals surface area contributed by atoms with Crippen molar-refractivity contribution >= 4 is 17.3 Å². The van der Waals surface area contributed by atoms with Gasteiger partial charge in [0.05, 0.1) is 16.8 Å². The first-order valence-electron chi connectivity index (χ1n) is 6.36. The molecule has 0 aliphatic heterocycles. The molecule has 0 amide bonds. The van der Waals surface area contributed by atoms with Gasteiger partial charge < -0.3 is 10.1 Å². The first-order valence-corrected chi connectivity index (χ1v) is 6.73. The highest BCUT2D eigenvalue weighted by atomic mass is 35.5. The number of hydrogen-bond donors (Lipinski definition) is 1. The molecule has 1 aliphatic rings. The van der Waals surface area contributed by atoms with Crippen molar-refractivity contribution in [3.8, 4) is 5.69 Å². The van der Waals surface area contributed by atoms with E-state index in [-0.39, 0.29) is 0 Å². The number of rotatable bonds is 4. The van der Waals surface area contributed by atoms with E-state index in [4.69, 9.17) is 16.3 Å².